The summed E-state index contributed by atoms with van der Waals surface area (Å²) in [5.41, 5.74) is 3.51. The summed E-state index contributed by atoms with van der Waals surface area (Å²) in [5.74, 6) is 2.21. The SMILES string of the molecule is C=C1/C(=C\C=C2/CCC[C@]3(C)[C@@H]([C@H](C)CCS(C)(=N)=O)CC[C@@H]23)C[C@@H](O)C[C@@H]1O. The molecule has 0 radical (unpaired) electrons. The molecule has 3 rings (SSSR count). The predicted molar refractivity (Wildman–Crippen MR) is 120 cm³/mol. The van der Waals surface area contributed by atoms with Gasteiger partial charge in [0.2, 0.25) is 0 Å². The van der Waals surface area contributed by atoms with Crippen LogP contribution in [0.4, 0.5) is 0 Å². The van der Waals surface area contributed by atoms with Crippen LogP contribution in [-0.4, -0.2) is 38.6 Å². The van der Waals surface area contributed by atoms with E-state index in [9.17, 15) is 14.4 Å². The van der Waals surface area contributed by atoms with Gasteiger partial charge in [0.05, 0.1) is 12.2 Å². The van der Waals surface area contributed by atoms with Crippen LogP contribution in [0.2, 0.25) is 0 Å². The monoisotopic (exact) mass is 421 g/mol. The fourth-order valence-electron chi connectivity index (χ4n) is 6.29. The lowest BCUT2D eigenvalue weighted by atomic mass is 9.61. The lowest BCUT2D eigenvalue weighted by Crippen LogP contribution is -2.36. The van der Waals surface area contributed by atoms with Gasteiger partial charge in [-0.05, 0) is 79.3 Å². The number of hydrogen-bond acceptors (Lipinski definition) is 4. The molecule has 29 heavy (non-hydrogen) atoms. The molecule has 0 aromatic heterocycles. The number of rotatable bonds is 5. The first kappa shape index (κ1) is 22.8. The number of fused-ring (bicyclic) bond motifs is 1. The van der Waals surface area contributed by atoms with Gasteiger partial charge in [-0.3, -0.25) is 8.99 Å². The first-order chi connectivity index (χ1) is 13.5. The zero-order chi connectivity index (χ0) is 21.4. The summed E-state index contributed by atoms with van der Waals surface area (Å²) in [6.45, 7) is 8.77. The molecule has 3 saturated carbocycles. The Morgan fingerprint density at radius 3 is 2.76 bits per heavy atom. The van der Waals surface area contributed by atoms with Gasteiger partial charge in [-0.1, -0.05) is 38.2 Å². The van der Waals surface area contributed by atoms with E-state index in [-0.39, 0.29) is 5.41 Å². The summed E-state index contributed by atoms with van der Waals surface area (Å²) in [6, 6.07) is 0. The van der Waals surface area contributed by atoms with Gasteiger partial charge < -0.3 is 10.2 Å². The third-order valence-electron chi connectivity index (χ3n) is 7.95. The van der Waals surface area contributed by atoms with Gasteiger partial charge in [0.15, 0.2) is 0 Å². The normalized spacial score (nSPS) is 41.3. The Morgan fingerprint density at radius 1 is 1.34 bits per heavy atom. The highest BCUT2D eigenvalue weighted by Crippen LogP contribution is 2.59. The zero-order valence-corrected chi connectivity index (χ0v) is 19.1. The third kappa shape index (κ3) is 5.05. The summed E-state index contributed by atoms with van der Waals surface area (Å²) >= 11 is 0. The van der Waals surface area contributed by atoms with Gasteiger partial charge in [0.1, 0.15) is 0 Å². The zero-order valence-electron chi connectivity index (χ0n) is 18.3. The number of nitrogens with one attached hydrogen (secondary N) is 1. The minimum Gasteiger partial charge on any atom is -0.393 e. The third-order valence-corrected chi connectivity index (χ3v) is 8.97. The molecule has 0 aliphatic heterocycles. The molecule has 3 fully saturated rings. The van der Waals surface area contributed by atoms with Crippen LogP contribution in [0, 0.1) is 27.9 Å². The number of aliphatic hydroxyl groups is 2. The summed E-state index contributed by atoms with van der Waals surface area (Å²) in [4.78, 5) is 0. The van der Waals surface area contributed by atoms with Crippen molar-refractivity contribution in [3.8, 4) is 0 Å². The van der Waals surface area contributed by atoms with E-state index in [4.69, 9.17) is 4.78 Å². The van der Waals surface area contributed by atoms with E-state index in [0.717, 1.165) is 24.0 Å². The molecule has 3 aliphatic rings. The van der Waals surface area contributed by atoms with Crippen LogP contribution >= 0.6 is 0 Å². The van der Waals surface area contributed by atoms with Gasteiger partial charge in [0, 0.05) is 28.2 Å². The molecule has 4 nitrogen and oxygen atoms in total. The molecule has 0 saturated heterocycles. The molecule has 7 atom stereocenters. The lowest BCUT2D eigenvalue weighted by Gasteiger charge is -2.44. The molecule has 1 unspecified atom stereocenters. The van der Waals surface area contributed by atoms with Crippen LogP contribution in [0.1, 0.15) is 65.2 Å². The van der Waals surface area contributed by atoms with Crippen LogP contribution < -0.4 is 0 Å². The fourth-order valence-corrected chi connectivity index (χ4v) is 7.11. The number of hydrogen-bond donors (Lipinski definition) is 3. The van der Waals surface area contributed by atoms with Crippen molar-refractivity contribution in [3.05, 3.63) is 35.5 Å². The van der Waals surface area contributed by atoms with Crippen LogP contribution in [0.25, 0.3) is 0 Å². The molecule has 5 heteroatoms. The Morgan fingerprint density at radius 2 is 2.07 bits per heavy atom. The molecule has 3 aliphatic carbocycles. The topological polar surface area (TPSA) is 81.4 Å². The minimum absolute atomic E-state index is 0.279. The van der Waals surface area contributed by atoms with Crippen LogP contribution in [0.3, 0.4) is 0 Å². The Labute approximate surface area is 177 Å². The Kier molecular flexibility index (Phi) is 6.82. The van der Waals surface area contributed by atoms with E-state index < -0.39 is 21.9 Å². The smallest absolute Gasteiger partial charge is 0.0811 e. The average Bonchev–Trinajstić information content (AvgIpc) is 2.98. The van der Waals surface area contributed by atoms with Crippen molar-refractivity contribution in [1.82, 2.24) is 0 Å². The van der Waals surface area contributed by atoms with E-state index in [1.807, 2.05) is 0 Å². The van der Waals surface area contributed by atoms with Crippen LogP contribution in [0.5, 0.6) is 0 Å². The van der Waals surface area contributed by atoms with Crippen molar-refractivity contribution in [2.24, 2.45) is 23.2 Å². The van der Waals surface area contributed by atoms with Crippen LogP contribution in [0.15, 0.2) is 35.5 Å². The summed E-state index contributed by atoms with van der Waals surface area (Å²) in [6.07, 6.45) is 12.6. The first-order valence-electron chi connectivity index (χ1n) is 11.2. The van der Waals surface area contributed by atoms with Crippen molar-refractivity contribution in [1.29, 1.82) is 4.78 Å². The van der Waals surface area contributed by atoms with Gasteiger partial charge in [-0.2, -0.15) is 0 Å². The van der Waals surface area contributed by atoms with Gasteiger partial charge >= 0.3 is 0 Å². The Hall–Kier alpha value is -0.910. The molecule has 0 bridgehead atoms. The molecule has 164 valence electrons. The maximum Gasteiger partial charge on any atom is 0.0811 e. The molecule has 3 N–H and O–H groups in total. The van der Waals surface area contributed by atoms with Crippen molar-refractivity contribution < 1.29 is 14.4 Å². The van der Waals surface area contributed by atoms with E-state index >= 15 is 0 Å². The minimum atomic E-state index is -2.41. The highest BCUT2D eigenvalue weighted by molar-refractivity contribution is 7.91. The van der Waals surface area contributed by atoms with E-state index in [0.29, 0.717) is 36.3 Å². The summed E-state index contributed by atoms with van der Waals surface area (Å²) in [7, 11) is -2.41. The van der Waals surface area contributed by atoms with Crippen LogP contribution in [-0.2, 0) is 9.73 Å². The maximum absolute atomic E-state index is 11.8. The standard InChI is InChI=1S/C24H39NO3S/c1-16(11-13-29(4,25)28)21-9-10-22-18(6-5-12-24(21,22)3)7-8-19-14-20(26)15-23(27)17(19)2/h7-8,16,20-23,25-27H,2,5-6,9-15H2,1,3-4H3/b18-7+,19-8-/t16-,20-,21-,22+,23+,24-,29?/m1/s1. The molecular weight excluding hydrogens is 382 g/mol. The first-order valence-corrected chi connectivity index (χ1v) is 13.3. The van der Waals surface area contributed by atoms with E-state index in [1.165, 1.54) is 31.3 Å². The fraction of sp³-hybridized carbons (Fsp3) is 0.750. The van der Waals surface area contributed by atoms with Gasteiger partial charge in [0.25, 0.3) is 0 Å². The highest BCUT2D eigenvalue weighted by Gasteiger charge is 2.50. The quantitative estimate of drug-likeness (QED) is 0.595. The molecule has 0 amide bonds. The van der Waals surface area contributed by atoms with Crippen molar-refractivity contribution in [2.45, 2.75) is 77.4 Å². The lowest BCUT2D eigenvalue weighted by molar-refractivity contribution is 0.0861. The van der Waals surface area contributed by atoms with E-state index in [1.54, 1.807) is 6.26 Å². The van der Waals surface area contributed by atoms with Gasteiger partial charge in [-0.15, -0.1) is 0 Å². The largest absolute Gasteiger partial charge is 0.393 e. The average molecular weight is 422 g/mol. The van der Waals surface area contributed by atoms with E-state index in [2.05, 4.69) is 32.6 Å². The second kappa shape index (κ2) is 8.68. The second-order valence-corrected chi connectivity index (χ2v) is 12.6. The summed E-state index contributed by atoms with van der Waals surface area (Å²) in [5, 5.41) is 20.1. The van der Waals surface area contributed by atoms with Crippen molar-refractivity contribution in [3.63, 3.8) is 0 Å². The Balaban J connectivity index is 1.76. The number of aliphatic hydroxyl groups excluding tert-OH is 2. The molecule has 0 aromatic carbocycles. The highest BCUT2D eigenvalue weighted by atomic mass is 32.2. The number of allylic oxidation sites excluding steroid dienone is 3. The Bertz CT molecular complexity index is 797. The molecule has 0 heterocycles. The summed E-state index contributed by atoms with van der Waals surface area (Å²) < 4.78 is 19.6. The van der Waals surface area contributed by atoms with Gasteiger partial charge in [-0.25, -0.2) is 0 Å². The molecule has 0 aromatic rings. The van der Waals surface area contributed by atoms with Crippen molar-refractivity contribution in [2.75, 3.05) is 12.0 Å². The predicted octanol–water partition coefficient (Wildman–Crippen LogP) is 4.83. The molecule has 0 spiro atoms. The second-order valence-electron chi connectivity index (χ2n) is 10.1. The maximum atomic E-state index is 11.8. The molecular formula is C24H39NO3S. The van der Waals surface area contributed by atoms with Crippen molar-refractivity contribution >= 4 is 9.73 Å².